The minimum atomic E-state index is -0.688. The summed E-state index contributed by atoms with van der Waals surface area (Å²) in [5.41, 5.74) is -0.186. The number of aromatic hydroxyl groups is 1. The largest absolute Gasteiger partial charge is 0.494 e. The molecule has 2 saturated carbocycles. The Hall–Kier alpha value is -3.18. The first-order chi connectivity index (χ1) is 16.8. The van der Waals surface area contributed by atoms with Gasteiger partial charge in [-0.3, -0.25) is 19.0 Å². The number of methoxy groups -OCH3 is 1. The molecule has 2 aromatic heterocycles. The normalized spacial score (nSPS) is 21.5. The molecule has 2 aliphatic carbocycles. The molecular weight excluding hydrogens is 454 g/mol. The number of fused-ring (bicyclic) bond motifs is 1. The Morgan fingerprint density at radius 1 is 1.37 bits per heavy atom. The van der Waals surface area contributed by atoms with Crippen LogP contribution in [0.4, 0.5) is 0 Å². The highest BCUT2D eigenvalue weighted by atomic mass is 16.5. The van der Waals surface area contributed by atoms with Gasteiger partial charge in [-0.1, -0.05) is 6.92 Å². The maximum absolute atomic E-state index is 13.2. The van der Waals surface area contributed by atoms with Crippen molar-refractivity contribution >= 4 is 23.5 Å². The third kappa shape index (κ3) is 4.70. The molecule has 2 amide bonds. The Morgan fingerprint density at radius 3 is 2.83 bits per heavy atom. The van der Waals surface area contributed by atoms with Crippen LogP contribution in [-0.4, -0.2) is 81.6 Å². The second-order valence-electron chi connectivity index (χ2n) is 10.0. The number of amides is 2. The van der Waals surface area contributed by atoms with Gasteiger partial charge in [0.2, 0.25) is 11.8 Å². The van der Waals surface area contributed by atoms with Crippen molar-refractivity contribution in [3.8, 4) is 5.88 Å². The van der Waals surface area contributed by atoms with Crippen LogP contribution >= 0.6 is 0 Å². The van der Waals surface area contributed by atoms with Crippen molar-refractivity contribution in [3.63, 3.8) is 0 Å². The average Bonchev–Trinajstić information content (AvgIpc) is 3.75. The summed E-state index contributed by atoms with van der Waals surface area (Å²) >= 11 is 0. The summed E-state index contributed by atoms with van der Waals surface area (Å²) < 4.78 is 13.4. The van der Waals surface area contributed by atoms with Gasteiger partial charge in [0.05, 0.1) is 32.1 Å². The second kappa shape index (κ2) is 9.12. The monoisotopic (exact) mass is 485 g/mol. The first kappa shape index (κ1) is 23.6. The molecule has 0 bridgehead atoms. The van der Waals surface area contributed by atoms with E-state index in [-0.39, 0.29) is 34.8 Å². The molecule has 5 rings (SSSR count). The lowest BCUT2D eigenvalue weighted by Gasteiger charge is -2.34. The van der Waals surface area contributed by atoms with E-state index < -0.39 is 11.5 Å². The van der Waals surface area contributed by atoms with E-state index in [1.807, 2.05) is 0 Å². The standard InChI is InChI=1S/C24H31N5O6/c1-24(7-8-24)14-28-21-15(3-6-18(30)27-9-10-35-13-17(27)12-34-2)11-25-29(21)23(33)19(22(28)32)20(31)26-16-4-5-16/h3,6,11,16-17,32H,4-5,7-10,12-14H2,1-2H3,(H,26,31)/b6-3+/t17-/m1/s1. The molecule has 188 valence electrons. The Kier molecular flexibility index (Phi) is 6.14. The van der Waals surface area contributed by atoms with Gasteiger partial charge in [-0.15, -0.1) is 0 Å². The number of carbonyl (C=O) groups is 2. The summed E-state index contributed by atoms with van der Waals surface area (Å²) in [4.78, 5) is 40.6. The van der Waals surface area contributed by atoms with Crippen molar-refractivity contribution in [2.24, 2.45) is 5.41 Å². The molecule has 11 nitrogen and oxygen atoms in total. The van der Waals surface area contributed by atoms with E-state index in [4.69, 9.17) is 9.47 Å². The highest BCUT2D eigenvalue weighted by Gasteiger charge is 2.40. The van der Waals surface area contributed by atoms with Crippen molar-refractivity contribution in [2.45, 2.75) is 51.2 Å². The molecule has 3 aliphatic rings. The molecule has 1 atom stereocenters. The molecular formula is C24H31N5O6. The summed E-state index contributed by atoms with van der Waals surface area (Å²) in [5, 5.41) is 18.1. The summed E-state index contributed by atoms with van der Waals surface area (Å²) in [5.74, 6) is -1.17. The predicted molar refractivity (Wildman–Crippen MR) is 126 cm³/mol. The van der Waals surface area contributed by atoms with Gasteiger partial charge < -0.3 is 24.8 Å². The van der Waals surface area contributed by atoms with Crippen LogP contribution in [0.3, 0.4) is 0 Å². The lowest BCUT2D eigenvalue weighted by atomic mass is 10.1. The maximum Gasteiger partial charge on any atom is 0.291 e. The van der Waals surface area contributed by atoms with Crippen LogP contribution in [0.2, 0.25) is 0 Å². The van der Waals surface area contributed by atoms with E-state index in [1.165, 1.54) is 12.3 Å². The zero-order chi connectivity index (χ0) is 24.7. The highest BCUT2D eigenvalue weighted by molar-refractivity contribution is 5.97. The van der Waals surface area contributed by atoms with Gasteiger partial charge in [-0.2, -0.15) is 9.61 Å². The lowest BCUT2D eigenvalue weighted by Crippen LogP contribution is -2.50. The minimum absolute atomic E-state index is 0.0376. The quantitative estimate of drug-likeness (QED) is 0.529. The van der Waals surface area contributed by atoms with Crippen LogP contribution in [-0.2, 0) is 20.8 Å². The third-order valence-electron chi connectivity index (χ3n) is 6.97. The van der Waals surface area contributed by atoms with Crippen molar-refractivity contribution in [1.82, 2.24) is 24.4 Å². The number of ether oxygens (including phenoxy) is 2. The summed E-state index contributed by atoms with van der Waals surface area (Å²) in [6.45, 7) is 4.19. The van der Waals surface area contributed by atoms with Crippen molar-refractivity contribution in [1.29, 1.82) is 0 Å². The van der Waals surface area contributed by atoms with Gasteiger partial charge in [0, 0.05) is 37.9 Å². The highest BCUT2D eigenvalue weighted by Crippen LogP contribution is 2.47. The van der Waals surface area contributed by atoms with E-state index in [1.54, 1.807) is 22.7 Å². The fourth-order valence-electron chi connectivity index (χ4n) is 4.45. The van der Waals surface area contributed by atoms with Gasteiger partial charge in [-0.25, -0.2) is 0 Å². The maximum atomic E-state index is 13.2. The molecule has 35 heavy (non-hydrogen) atoms. The fraction of sp³-hybridized carbons (Fsp3) is 0.583. The lowest BCUT2D eigenvalue weighted by molar-refractivity contribution is -0.136. The fourth-order valence-corrected chi connectivity index (χ4v) is 4.45. The van der Waals surface area contributed by atoms with Crippen LogP contribution in [0.1, 0.15) is 48.5 Å². The zero-order valence-corrected chi connectivity index (χ0v) is 20.0. The van der Waals surface area contributed by atoms with E-state index in [2.05, 4.69) is 17.3 Å². The Bertz CT molecular complexity index is 1240. The minimum Gasteiger partial charge on any atom is -0.494 e. The number of nitrogens with zero attached hydrogens (tertiary/aromatic N) is 4. The molecule has 3 fully saturated rings. The van der Waals surface area contributed by atoms with Gasteiger partial charge in [0.25, 0.3) is 11.5 Å². The summed E-state index contributed by atoms with van der Waals surface area (Å²) in [6, 6.07) is -0.143. The van der Waals surface area contributed by atoms with Gasteiger partial charge in [0.1, 0.15) is 5.65 Å². The molecule has 11 heteroatoms. The van der Waals surface area contributed by atoms with E-state index >= 15 is 0 Å². The third-order valence-corrected chi connectivity index (χ3v) is 6.97. The summed E-state index contributed by atoms with van der Waals surface area (Å²) in [6.07, 6.45) is 8.18. The predicted octanol–water partition coefficient (Wildman–Crippen LogP) is 0.781. The molecule has 1 aliphatic heterocycles. The molecule has 2 N–H and O–H groups in total. The molecule has 1 saturated heterocycles. The number of nitrogens with one attached hydrogen (secondary N) is 1. The number of hydrogen-bond donors (Lipinski definition) is 2. The topological polar surface area (TPSA) is 127 Å². The van der Waals surface area contributed by atoms with Crippen LogP contribution in [0.5, 0.6) is 5.88 Å². The number of rotatable bonds is 8. The Morgan fingerprint density at radius 2 is 2.14 bits per heavy atom. The SMILES string of the molecule is COC[C@@H]1COCCN1C(=O)/C=C/c1cnn2c(=O)c(C(=O)NC3CC3)c(O)n(CC3(C)CC3)c12. The summed E-state index contributed by atoms with van der Waals surface area (Å²) in [7, 11) is 1.58. The number of morpholine rings is 1. The molecule has 0 radical (unpaired) electrons. The Balaban J connectivity index is 1.52. The van der Waals surface area contributed by atoms with Gasteiger partial charge >= 0.3 is 0 Å². The van der Waals surface area contributed by atoms with Crippen LogP contribution < -0.4 is 10.9 Å². The van der Waals surface area contributed by atoms with Crippen molar-refractivity contribution in [3.05, 3.63) is 33.8 Å². The van der Waals surface area contributed by atoms with Crippen molar-refractivity contribution < 1.29 is 24.2 Å². The molecule has 0 unspecified atom stereocenters. The van der Waals surface area contributed by atoms with E-state index in [9.17, 15) is 19.5 Å². The molecule has 2 aromatic rings. The number of aromatic nitrogens is 3. The number of carbonyl (C=O) groups excluding carboxylic acids is 2. The van der Waals surface area contributed by atoms with Crippen molar-refractivity contribution in [2.75, 3.05) is 33.5 Å². The van der Waals surface area contributed by atoms with Gasteiger partial charge in [0.15, 0.2) is 5.56 Å². The number of hydrogen-bond acceptors (Lipinski definition) is 7. The zero-order valence-electron chi connectivity index (χ0n) is 20.0. The van der Waals surface area contributed by atoms with E-state index in [0.717, 1.165) is 30.2 Å². The van der Waals surface area contributed by atoms with Crippen LogP contribution in [0, 0.1) is 5.41 Å². The molecule has 0 aromatic carbocycles. The van der Waals surface area contributed by atoms with Crippen LogP contribution in [0.15, 0.2) is 17.1 Å². The first-order valence-electron chi connectivity index (χ1n) is 12.0. The smallest absolute Gasteiger partial charge is 0.291 e. The van der Waals surface area contributed by atoms with Crippen LogP contribution in [0.25, 0.3) is 11.7 Å². The van der Waals surface area contributed by atoms with E-state index in [0.29, 0.717) is 44.1 Å². The molecule has 0 spiro atoms. The Labute approximate surface area is 202 Å². The molecule has 3 heterocycles. The second-order valence-corrected chi connectivity index (χ2v) is 10.0. The van der Waals surface area contributed by atoms with Gasteiger partial charge in [-0.05, 0) is 37.2 Å². The average molecular weight is 486 g/mol. The first-order valence-corrected chi connectivity index (χ1v) is 12.0.